The van der Waals surface area contributed by atoms with E-state index in [2.05, 4.69) is 6.58 Å². The van der Waals surface area contributed by atoms with Crippen LogP contribution in [0.2, 0.25) is 0 Å². The summed E-state index contributed by atoms with van der Waals surface area (Å²) in [7, 11) is 0. The van der Waals surface area contributed by atoms with Crippen molar-refractivity contribution in [2.75, 3.05) is 0 Å². The van der Waals surface area contributed by atoms with Crippen molar-refractivity contribution in [3.05, 3.63) is 12.2 Å². The Labute approximate surface area is 175 Å². The fourth-order valence-electron chi connectivity index (χ4n) is 5.45. The van der Waals surface area contributed by atoms with Crippen molar-refractivity contribution < 1.29 is 38.5 Å². The van der Waals surface area contributed by atoms with Gasteiger partial charge in [-0.2, -0.15) is 0 Å². The quantitative estimate of drug-likeness (QED) is 0.412. The molecule has 1 heterocycles. The maximum atomic E-state index is 13.2. The van der Waals surface area contributed by atoms with E-state index in [4.69, 9.17) is 14.2 Å². The van der Waals surface area contributed by atoms with E-state index >= 15 is 0 Å². The molecular weight excluding hydrogens is 392 g/mol. The van der Waals surface area contributed by atoms with E-state index in [0.717, 1.165) is 0 Å². The van der Waals surface area contributed by atoms with Gasteiger partial charge in [-0.05, 0) is 13.3 Å². The highest BCUT2D eigenvalue weighted by Gasteiger charge is 2.68. The third-order valence-corrected chi connectivity index (χ3v) is 7.25. The monoisotopic (exact) mass is 422 g/mol. The molecule has 3 aliphatic rings. The summed E-state index contributed by atoms with van der Waals surface area (Å²) in [5.74, 6) is -4.46. The van der Waals surface area contributed by atoms with Gasteiger partial charge in [0.25, 0.3) is 0 Å². The number of esters is 3. The van der Waals surface area contributed by atoms with Crippen molar-refractivity contribution >= 4 is 23.7 Å². The first-order chi connectivity index (χ1) is 13.9. The summed E-state index contributed by atoms with van der Waals surface area (Å²) in [4.78, 5) is 50.2. The highest BCUT2D eigenvalue weighted by Crippen LogP contribution is 2.57. The summed E-state index contributed by atoms with van der Waals surface area (Å²) in [5.41, 5.74) is -1.21. The van der Waals surface area contributed by atoms with Crippen molar-refractivity contribution in [2.24, 2.45) is 29.1 Å². The Hall–Kier alpha value is -2.22. The molecule has 8 heteroatoms. The molecular formula is C22H30O8. The van der Waals surface area contributed by atoms with Gasteiger partial charge in [-0.1, -0.05) is 27.4 Å². The van der Waals surface area contributed by atoms with E-state index in [1.54, 1.807) is 20.8 Å². The Balaban J connectivity index is 2.17. The Morgan fingerprint density at radius 3 is 2.53 bits per heavy atom. The normalized spacial score (nSPS) is 41.4. The molecule has 1 unspecified atom stereocenters. The number of Topliss-reactive ketones (excluding diaryl/α,β-unsaturated/α-hetero) is 1. The van der Waals surface area contributed by atoms with Gasteiger partial charge in [0.1, 0.15) is 24.1 Å². The molecule has 30 heavy (non-hydrogen) atoms. The molecule has 1 N–H and O–H groups in total. The Morgan fingerprint density at radius 2 is 1.97 bits per heavy atom. The second-order valence-electron chi connectivity index (χ2n) is 9.02. The van der Waals surface area contributed by atoms with Crippen molar-refractivity contribution in [3.8, 4) is 0 Å². The van der Waals surface area contributed by atoms with Crippen LogP contribution < -0.4 is 0 Å². The number of fused-ring (bicyclic) bond motifs is 2. The molecule has 3 rings (SSSR count). The molecule has 9 atom stereocenters. The lowest BCUT2D eigenvalue weighted by molar-refractivity contribution is -0.172. The highest BCUT2D eigenvalue weighted by atomic mass is 16.6. The minimum atomic E-state index is -1.28. The predicted molar refractivity (Wildman–Crippen MR) is 104 cm³/mol. The maximum Gasteiger partial charge on any atom is 0.334 e. The number of ether oxygens (including phenoxy) is 3. The summed E-state index contributed by atoms with van der Waals surface area (Å²) in [6.07, 6.45) is -3.49. The van der Waals surface area contributed by atoms with Gasteiger partial charge in [-0.25, -0.2) is 4.79 Å². The van der Waals surface area contributed by atoms with Gasteiger partial charge < -0.3 is 19.3 Å². The van der Waals surface area contributed by atoms with Crippen LogP contribution in [0.4, 0.5) is 0 Å². The molecule has 0 aromatic rings. The van der Waals surface area contributed by atoms with Crippen LogP contribution in [0.5, 0.6) is 0 Å². The lowest BCUT2D eigenvalue weighted by Gasteiger charge is -2.40. The third-order valence-electron chi connectivity index (χ3n) is 7.25. The lowest BCUT2D eigenvalue weighted by atomic mass is 9.67. The average molecular weight is 422 g/mol. The Morgan fingerprint density at radius 1 is 1.33 bits per heavy atom. The van der Waals surface area contributed by atoms with Gasteiger partial charge in [-0.15, -0.1) is 0 Å². The van der Waals surface area contributed by atoms with E-state index < -0.39 is 71.4 Å². The van der Waals surface area contributed by atoms with E-state index in [1.165, 1.54) is 6.92 Å². The fraction of sp³-hybridized carbons (Fsp3) is 0.727. The first kappa shape index (κ1) is 22.5. The van der Waals surface area contributed by atoms with Crippen LogP contribution in [0.15, 0.2) is 12.2 Å². The van der Waals surface area contributed by atoms with Crippen molar-refractivity contribution in [1.82, 2.24) is 0 Å². The molecule has 166 valence electrons. The average Bonchev–Trinajstić information content (AvgIpc) is 3.06. The van der Waals surface area contributed by atoms with Gasteiger partial charge in [-0.3, -0.25) is 14.4 Å². The number of ketones is 1. The number of carbonyl (C=O) groups excluding carboxylic acids is 4. The maximum absolute atomic E-state index is 13.2. The second-order valence-corrected chi connectivity index (χ2v) is 9.02. The standard InChI is InChI=1S/C22H30O8/c1-7-9(2)20(26)30-19-15-10(3)21(27)29-18(15)17(28-12(5)23)11(4)16-13(24)8-14(25)22(16,19)6/h9,11,13,15-19,24H,3,7-8H2,1-2,4-6H3/t9?,11-,13+,15+,16+,17+,18-,19-,22+/m0/s1. The zero-order chi connectivity index (χ0) is 22.5. The number of hydrogen-bond donors (Lipinski definition) is 1. The summed E-state index contributed by atoms with van der Waals surface area (Å²) >= 11 is 0. The minimum Gasteiger partial charge on any atom is -0.460 e. The van der Waals surface area contributed by atoms with Gasteiger partial charge in [0, 0.05) is 30.8 Å². The molecule has 0 aromatic heterocycles. The molecule has 1 aliphatic heterocycles. The molecule has 0 amide bonds. The molecule has 8 nitrogen and oxygen atoms in total. The summed E-state index contributed by atoms with van der Waals surface area (Å²) in [6.45, 7) is 12.0. The van der Waals surface area contributed by atoms with Crippen molar-refractivity contribution in [2.45, 2.75) is 71.9 Å². The van der Waals surface area contributed by atoms with Crippen LogP contribution in [0.25, 0.3) is 0 Å². The zero-order valence-corrected chi connectivity index (χ0v) is 18.0. The molecule has 2 aliphatic carbocycles. The molecule has 0 aromatic carbocycles. The van der Waals surface area contributed by atoms with E-state index in [1.807, 2.05) is 6.92 Å². The van der Waals surface area contributed by atoms with Crippen LogP contribution >= 0.6 is 0 Å². The zero-order valence-electron chi connectivity index (χ0n) is 18.0. The summed E-state index contributed by atoms with van der Waals surface area (Å²) < 4.78 is 16.9. The van der Waals surface area contributed by atoms with Crippen LogP contribution in [-0.2, 0) is 33.4 Å². The number of aliphatic hydroxyl groups is 1. The highest BCUT2D eigenvalue weighted by molar-refractivity contribution is 5.93. The third kappa shape index (κ3) is 3.25. The summed E-state index contributed by atoms with van der Waals surface area (Å²) in [6, 6.07) is 0. The van der Waals surface area contributed by atoms with Crippen LogP contribution in [0, 0.1) is 29.1 Å². The minimum absolute atomic E-state index is 0.0716. The summed E-state index contributed by atoms with van der Waals surface area (Å²) in [5, 5.41) is 10.8. The predicted octanol–water partition coefficient (Wildman–Crippen LogP) is 1.58. The molecule has 2 saturated carbocycles. The van der Waals surface area contributed by atoms with Gasteiger partial charge in [0.2, 0.25) is 0 Å². The Kier molecular flexibility index (Phi) is 5.84. The largest absolute Gasteiger partial charge is 0.460 e. The smallest absolute Gasteiger partial charge is 0.334 e. The van der Waals surface area contributed by atoms with E-state index in [0.29, 0.717) is 6.42 Å². The lowest BCUT2D eigenvalue weighted by Crippen LogP contribution is -2.50. The molecule has 0 radical (unpaired) electrons. The second kappa shape index (κ2) is 7.80. The number of aliphatic hydroxyl groups excluding tert-OH is 1. The van der Waals surface area contributed by atoms with E-state index in [9.17, 15) is 24.3 Å². The van der Waals surface area contributed by atoms with E-state index in [-0.39, 0.29) is 17.8 Å². The topological polar surface area (TPSA) is 116 Å². The number of hydrogen-bond acceptors (Lipinski definition) is 8. The SMILES string of the molecule is C=C1C(=O)O[C@@H]2[C@H](OC(C)=O)[C@@H](C)[C@@H]3[C@H](O)CC(=O)[C@@]3(C)[C@@H](OC(=O)C(C)CC)[C@H]12. The van der Waals surface area contributed by atoms with Crippen LogP contribution in [0.1, 0.15) is 47.5 Å². The van der Waals surface area contributed by atoms with Crippen molar-refractivity contribution in [3.63, 3.8) is 0 Å². The molecule has 3 fully saturated rings. The molecule has 0 bridgehead atoms. The fourth-order valence-corrected chi connectivity index (χ4v) is 5.45. The van der Waals surface area contributed by atoms with Gasteiger partial charge in [0.05, 0.1) is 23.4 Å². The van der Waals surface area contributed by atoms with Gasteiger partial charge in [0.15, 0.2) is 0 Å². The van der Waals surface area contributed by atoms with Crippen LogP contribution in [0.3, 0.4) is 0 Å². The first-order valence-corrected chi connectivity index (χ1v) is 10.4. The Bertz CT molecular complexity index is 788. The number of rotatable bonds is 4. The molecule has 1 saturated heterocycles. The number of carbonyl (C=O) groups is 4. The van der Waals surface area contributed by atoms with Gasteiger partial charge >= 0.3 is 17.9 Å². The molecule has 0 spiro atoms. The van der Waals surface area contributed by atoms with Crippen molar-refractivity contribution in [1.29, 1.82) is 0 Å². The first-order valence-electron chi connectivity index (χ1n) is 10.4. The van der Waals surface area contributed by atoms with Crippen LogP contribution in [-0.4, -0.2) is 53.2 Å².